The summed E-state index contributed by atoms with van der Waals surface area (Å²) in [4.78, 5) is 36.2. The summed E-state index contributed by atoms with van der Waals surface area (Å²) in [6.45, 7) is 1.55. The molecule has 68 valence electrons. The van der Waals surface area contributed by atoms with Crippen molar-refractivity contribution >= 4 is 17.9 Å². The summed E-state index contributed by atoms with van der Waals surface area (Å²) < 4.78 is 0. The number of isocyanates is 1. The lowest BCUT2D eigenvalue weighted by molar-refractivity contribution is -0.137. The van der Waals surface area contributed by atoms with Crippen LogP contribution in [0.15, 0.2) is 16.6 Å². The number of carbonyl (C=O) groups excluding carboxylic acids is 3. The van der Waals surface area contributed by atoms with E-state index in [0.29, 0.717) is 12.0 Å². The number of hydrogen-bond acceptors (Lipinski definition) is 4. The molecule has 0 saturated heterocycles. The Balaban J connectivity index is 2.77. The Bertz CT molecular complexity index is 326. The third-order valence-corrected chi connectivity index (χ3v) is 1.74. The summed E-state index contributed by atoms with van der Waals surface area (Å²) in [7, 11) is 0. The van der Waals surface area contributed by atoms with Gasteiger partial charge in [-0.05, 0) is 6.42 Å². The van der Waals surface area contributed by atoms with Crippen LogP contribution < -0.4 is 0 Å². The fourth-order valence-electron chi connectivity index (χ4n) is 1.05. The highest BCUT2D eigenvalue weighted by Crippen LogP contribution is 2.14. The lowest BCUT2D eigenvalue weighted by atomic mass is 10.2. The molecule has 0 aromatic carbocycles. The lowest BCUT2D eigenvalue weighted by Gasteiger charge is -2.09. The molecule has 1 aliphatic heterocycles. The number of nitrogens with zero attached hydrogens (tertiary/aromatic N) is 2. The van der Waals surface area contributed by atoms with Crippen LogP contribution in [0.3, 0.4) is 0 Å². The molecule has 5 heteroatoms. The van der Waals surface area contributed by atoms with Gasteiger partial charge in [0.25, 0.3) is 11.8 Å². The van der Waals surface area contributed by atoms with Crippen LogP contribution in [0, 0.1) is 0 Å². The molecule has 0 spiro atoms. The molecule has 5 nitrogen and oxygen atoms in total. The van der Waals surface area contributed by atoms with E-state index in [1.165, 1.54) is 12.2 Å². The highest BCUT2D eigenvalue weighted by atomic mass is 16.2. The molecule has 0 bridgehead atoms. The Kier molecular flexibility index (Phi) is 2.72. The van der Waals surface area contributed by atoms with Crippen LogP contribution in [0.1, 0.15) is 13.3 Å². The molecule has 0 radical (unpaired) electrons. The zero-order valence-corrected chi connectivity index (χ0v) is 7.11. The molecule has 13 heavy (non-hydrogen) atoms. The van der Waals surface area contributed by atoms with Crippen LogP contribution in [0.4, 0.5) is 0 Å². The first kappa shape index (κ1) is 9.35. The lowest BCUT2D eigenvalue weighted by Crippen LogP contribution is -2.31. The van der Waals surface area contributed by atoms with Crippen molar-refractivity contribution in [1.29, 1.82) is 0 Å². The van der Waals surface area contributed by atoms with Crippen molar-refractivity contribution in [2.75, 3.05) is 6.67 Å². The van der Waals surface area contributed by atoms with Gasteiger partial charge in [-0.1, -0.05) is 6.92 Å². The minimum Gasteiger partial charge on any atom is -0.269 e. The summed E-state index contributed by atoms with van der Waals surface area (Å²) in [6.07, 6.45) is 3.05. The SMILES string of the molecule is CCC1=CC(=O)N(CN=C=O)C1=O. The molecule has 1 rings (SSSR count). The summed E-state index contributed by atoms with van der Waals surface area (Å²) in [5.74, 6) is -0.785. The molecular formula is C8H8N2O3. The van der Waals surface area contributed by atoms with Crippen LogP contribution >= 0.6 is 0 Å². The normalized spacial score (nSPS) is 15.8. The third kappa shape index (κ3) is 1.71. The standard InChI is InChI=1S/C8H8N2O3/c1-2-6-3-7(12)10(8(6)13)4-9-5-11/h3H,2,4H2,1H3. The maximum absolute atomic E-state index is 11.3. The predicted molar refractivity (Wildman–Crippen MR) is 43.2 cm³/mol. The van der Waals surface area contributed by atoms with E-state index < -0.39 is 5.91 Å². The minimum atomic E-state index is -0.416. The molecule has 0 saturated carbocycles. The molecule has 1 heterocycles. The van der Waals surface area contributed by atoms with E-state index in [2.05, 4.69) is 4.99 Å². The number of imide groups is 1. The minimum absolute atomic E-state index is 0.235. The van der Waals surface area contributed by atoms with Crippen molar-refractivity contribution < 1.29 is 14.4 Å². The summed E-state index contributed by atoms with van der Waals surface area (Å²) in [5.41, 5.74) is 0.450. The van der Waals surface area contributed by atoms with Gasteiger partial charge in [-0.15, -0.1) is 0 Å². The third-order valence-electron chi connectivity index (χ3n) is 1.74. The summed E-state index contributed by atoms with van der Waals surface area (Å²) in [6, 6.07) is 0. The van der Waals surface area contributed by atoms with E-state index in [0.717, 1.165) is 4.90 Å². The molecule has 1 aliphatic rings. The van der Waals surface area contributed by atoms with E-state index in [1.807, 2.05) is 0 Å². The molecule has 0 unspecified atom stereocenters. The fraction of sp³-hybridized carbons (Fsp3) is 0.375. The number of aliphatic imine (C=N–C) groups is 1. The van der Waals surface area contributed by atoms with Crippen LogP contribution in [0.5, 0.6) is 0 Å². The van der Waals surface area contributed by atoms with Gasteiger partial charge in [0.05, 0.1) is 0 Å². The predicted octanol–water partition coefficient (Wildman–Crippen LogP) is -0.0151. The second kappa shape index (κ2) is 3.78. The molecule has 0 fully saturated rings. The van der Waals surface area contributed by atoms with E-state index in [4.69, 9.17) is 0 Å². The van der Waals surface area contributed by atoms with Gasteiger partial charge in [-0.3, -0.25) is 14.5 Å². The first-order chi connectivity index (χ1) is 6.20. The summed E-state index contributed by atoms with van der Waals surface area (Å²) in [5, 5.41) is 0. The Labute approximate surface area is 74.7 Å². The van der Waals surface area contributed by atoms with Crippen molar-refractivity contribution in [3.05, 3.63) is 11.6 Å². The second-order valence-electron chi connectivity index (χ2n) is 2.49. The van der Waals surface area contributed by atoms with Gasteiger partial charge >= 0.3 is 0 Å². The van der Waals surface area contributed by atoms with Crippen molar-refractivity contribution in [3.8, 4) is 0 Å². The first-order valence-corrected chi connectivity index (χ1v) is 3.80. The highest BCUT2D eigenvalue weighted by molar-refractivity contribution is 6.16. The van der Waals surface area contributed by atoms with E-state index in [9.17, 15) is 14.4 Å². The molecule has 0 aromatic heterocycles. The summed E-state index contributed by atoms with van der Waals surface area (Å²) >= 11 is 0. The van der Waals surface area contributed by atoms with E-state index in [1.54, 1.807) is 6.92 Å². The molecule has 0 aromatic rings. The smallest absolute Gasteiger partial charge is 0.258 e. The van der Waals surface area contributed by atoms with Gasteiger partial charge in [0.2, 0.25) is 6.08 Å². The number of amides is 2. The van der Waals surface area contributed by atoms with Gasteiger partial charge in [0.1, 0.15) is 6.67 Å². The molecule has 2 amide bonds. The Hall–Kier alpha value is -1.74. The van der Waals surface area contributed by atoms with Gasteiger partial charge < -0.3 is 0 Å². The topological polar surface area (TPSA) is 66.8 Å². The zero-order valence-electron chi connectivity index (χ0n) is 7.11. The average molecular weight is 180 g/mol. The van der Waals surface area contributed by atoms with Gasteiger partial charge in [0.15, 0.2) is 0 Å². The fourth-order valence-corrected chi connectivity index (χ4v) is 1.05. The first-order valence-electron chi connectivity index (χ1n) is 3.80. The Morgan fingerprint density at radius 1 is 1.54 bits per heavy atom. The number of carbonyl (C=O) groups is 2. The molecule has 0 aliphatic carbocycles. The second-order valence-corrected chi connectivity index (χ2v) is 2.49. The van der Waals surface area contributed by atoms with Gasteiger partial charge in [0, 0.05) is 11.6 Å². The van der Waals surface area contributed by atoms with Crippen LogP contribution in [-0.4, -0.2) is 29.5 Å². The van der Waals surface area contributed by atoms with Crippen LogP contribution in [-0.2, 0) is 14.4 Å². The largest absolute Gasteiger partial charge is 0.269 e. The maximum atomic E-state index is 11.3. The molecule has 0 N–H and O–H groups in total. The quantitative estimate of drug-likeness (QED) is 0.348. The number of rotatable bonds is 3. The van der Waals surface area contributed by atoms with Crippen molar-refractivity contribution in [1.82, 2.24) is 4.90 Å². The zero-order chi connectivity index (χ0) is 9.84. The molecular weight excluding hydrogens is 172 g/mol. The number of hydrogen-bond donors (Lipinski definition) is 0. The Morgan fingerprint density at radius 2 is 2.23 bits per heavy atom. The van der Waals surface area contributed by atoms with Crippen molar-refractivity contribution in [2.45, 2.75) is 13.3 Å². The van der Waals surface area contributed by atoms with E-state index >= 15 is 0 Å². The van der Waals surface area contributed by atoms with E-state index in [-0.39, 0.29) is 12.6 Å². The molecule has 0 atom stereocenters. The average Bonchev–Trinajstić information content (AvgIpc) is 2.39. The Morgan fingerprint density at radius 3 is 2.69 bits per heavy atom. The van der Waals surface area contributed by atoms with Gasteiger partial charge in [-0.2, -0.15) is 4.99 Å². The van der Waals surface area contributed by atoms with Crippen LogP contribution in [0.2, 0.25) is 0 Å². The monoisotopic (exact) mass is 180 g/mol. The highest BCUT2D eigenvalue weighted by Gasteiger charge is 2.29. The van der Waals surface area contributed by atoms with Crippen molar-refractivity contribution in [3.63, 3.8) is 0 Å². The maximum Gasteiger partial charge on any atom is 0.258 e. The van der Waals surface area contributed by atoms with Crippen molar-refractivity contribution in [2.24, 2.45) is 4.99 Å². The van der Waals surface area contributed by atoms with Crippen LogP contribution in [0.25, 0.3) is 0 Å². The van der Waals surface area contributed by atoms with Gasteiger partial charge in [-0.25, -0.2) is 4.79 Å².